The maximum Gasteiger partial charge on any atom is 0.134 e. The lowest BCUT2D eigenvalue weighted by Crippen LogP contribution is -2.16. The fourth-order valence-corrected chi connectivity index (χ4v) is 2.95. The summed E-state index contributed by atoms with van der Waals surface area (Å²) >= 11 is 0. The molecule has 0 amide bonds. The van der Waals surface area contributed by atoms with Gasteiger partial charge in [-0.2, -0.15) is 0 Å². The Balaban J connectivity index is 1.59. The molecule has 6 nitrogen and oxygen atoms in total. The van der Waals surface area contributed by atoms with Gasteiger partial charge in [0.05, 0.1) is 0 Å². The van der Waals surface area contributed by atoms with Crippen LogP contribution in [-0.4, -0.2) is 6.10 Å². The Bertz CT molecular complexity index is 1010. The number of ether oxygens (including phenoxy) is 3. The molecular weight excluding hydrogens is 378 g/mol. The molecule has 0 aliphatic heterocycles. The topological polar surface area (TPSA) is 106 Å². The van der Waals surface area contributed by atoms with Gasteiger partial charge in [0.15, 0.2) is 0 Å². The lowest BCUT2D eigenvalue weighted by atomic mass is 10.1. The number of nitrogens with two attached hydrogens (primary N) is 3. The molecule has 0 fully saturated rings. The Hall–Kier alpha value is -4.06. The molecule has 3 aromatic rings. The molecule has 30 heavy (non-hydrogen) atoms. The molecule has 3 aromatic carbocycles. The number of anilines is 2. The molecule has 0 saturated carbocycles. The maximum absolute atomic E-state index is 6.11. The first-order valence-corrected chi connectivity index (χ1v) is 9.56. The van der Waals surface area contributed by atoms with Crippen LogP contribution in [0.15, 0.2) is 90.7 Å². The number of rotatable bonds is 6. The maximum atomic E-state index is 6.11. The van der Waals surface area contributed by atoms with E-state index in [1.54, 1.807) is 54.6 Å². The number of benzene rings is 3. The van der Waals surface area contributed by atoms with Crippen LogP contribution >= 0.6 is 0 Å². The highest BCUT2D eigenvalue weighted by Gasteiger charge is 2.13. The third-order valence-electron chi connectivity index (χ3n) is 4.46. The molecule has 4 rings (SSSR count). The van der Waals surface area contributed by atoms with Gasteiger partial charge in [0.1, 0.15) is 34.9 Å². The lowest BCUT2D eigenvalue weighted by molar-refractivity contribution is 0.249. The Morgan fingerprint density at radius 2 is 1.13 bits per heavy atom. The molecule has 0 heterocycles. The summed E-state index contributed by atoms with van der Waals surface area (Å²) in [5.74, 6) is 3.10. The van der Waals surface area contributed by atoms with E-state index in [0.29, 0.717) is 46.5 Å². The summed E-state index contributed by atoms with van der Waals surface area (Å²) in [6.07, 6.45) is 6.29. The summed E-state index contributed by atoms with van der Waals surface area (Å²) in [4.78, 5) is 0. The van der Waals surface area contributed by atoms with Gasteiger partial charge in [0.25, 0.3) is 0 Å². The van der Waals surface area contributed by atoms with E-state index in [0.717, 1.165) is 5.70 Å². The molecule has 1 aliphatic rings. The van der Waals surface area contributed by atoms with E-state index in [9.17, 15) is 0 Å². The van der Waals surface area contributed by atoms with Crippen molar-refractivity contribution in [3.8, 4) is 28.7 Å². The van der Waals surface area contributed by atoms with Gasteiger partial charge in [-0.3, -0.25) is 0 Å². The Labute approximate surface area is 175 Å². The van der Waals surface area contributed by atoms with E-state index in [4.69, 9.17) is 31.4 Å². The highest BCUT2D eigenvalue weighted by atomic mass is 16.5. The lowest BCUT2D eigenvalue weighted by Gasteiger charge is -2.19. The highest BCUT2D eigenvalue weighted by Crippen LogP contribution is 2.34. The van der Waals surface area contributed by atoms with Crippen molar-refractivity contribution >= 4 is 11.4 Å². The smallest absolute Gasteiger partial charge is 0.134 e. The molecular formula is C24H23N3O3. The summed E-state index contributed by atoms with van der Waals surface area (Å²) in [5, 5.41) is 0. The van der Waals surface area contributed by atoms with Crippen molar-refractivity contribution < 1.29 is 14.2 Å². The van der Waals surface area contributed by atoms with Crippen LogP contribution in [0, 0.1) is 0 Å². The molecule has 1 aliphatic carbocycles. The van der Waals surface area contributed by atoms with Crippen LogP contribution in [0.2, 0.25) is 0 Å². The van der Waals surface area contributed by atoms with Crippen LogP contribution in [0.3, 0.4) is 0 Å². The highest BCUT2D eigenvalue weighted by molar-refractivity contribution is 5.49. The van der Waals surface area contributed by atoms with E-state index < -0.39 is 0 Å². The standard InChI is InChI=1S/C24H23N3O3/c25-16-1-7-19(8-2-16)28-22-13-23(29-20-9-3-17(26)4-10-20)15-24(14-22)30-21-11-5-18(27)6-12-21/h1-11,13-15,21H,12,25-27H2. The summed E-state index contributed by atoms with van der Waals surface area (Å²) in [6.45, 7) is 0. The predicted molar refractivity (Wildman–Crippen MR) is 119 cm³/mol. The van der Waals surface area contributed by atoms with Gasteiger partial charge in [-0.1, -0.05) is 6.08 Å². The predicted octanol–water partition coefficient (Wildman–Crippen LogP) is 4.99. The van der Waals surface area contributed by atoms with Crippen molar-refractivity contribution in [3.05, 3.63) is 90.7 Å². The van der Waals surface area contributed by atoms with E-state index in [1.165, 1.54) is 0 Å². The zero-order chi connectivity index (χ0) is 20.9. The van der Waals surface area contributed by atoms with Crippen LogP contribution in [0.4, 0.5) is 11.4 Å². The van der Waals surface area contributed by atoms with E-state index >= 15 is 0 Å². The van der Waals surface area contributed by atoms with Crippen molar-refractivity contribution in [2.24, 2.45) is 5.73 Å². The summed E-state index contributed by atoms with van der Waals surface area (Å²) in [5.41, 5.74) is 19.4. The quantitative estimate of drug-likeness (QED) is 0.503. The molecule has 0 spiro atoms. The van der Waals surface area contributed by atoms with Crippen molar-refractivity contribution in [3.63, 3.8) is 0 Å². The first kappa shape index (κ1) is 19.3. The third kappa shape index (κ3) is 5.05. The molecule has 0 aromatic heterocycles. The van der Waals surface area contributed by atoms with Crippen molar-refractivity contribution in [2.45, 2.75) is 12.5 Å². The molecule has 6 heteroatoms. The van der Waals surface area contributed by atoms with Gasteiger partial charge >= 0.3 is 0 Å². The van der Waals surface area contributed by atoms with Crippen LogP contribution in [-0.2, 0) is 0 Å². The normalized spacial score (nSPS) is 15.3. The van der Waals surface area contributed by atoms with E-state index in [1.807, 2.05) is 30.4 Å². The van der Waals surface area contributed by atoms with Crippen LogP contribution in [0.1, 0.15) is 6.42 Å². The SMILES string of the molecule is NC1=CCC(Oc2cc(Oc3ccc(N)cc3)cc(Oc3ccc(N)cc3)c2)C=C1. The zero-order valence-electron chi connectivity index (χ0n) is 16.3. The second-order valence-electron chi connectivity index (χ2n) is 6.94. The van der Waals surface area contributed by atoms with Crippen LogP contribution in [0.25, 0.3) is 0 Å². The number of hydrogen-bond acceptors (Lipinski definition) is 6. The minimum absolute atomic E-state index is 0.117. The minimum Gasteiger partial charge on any atom is -0.486 e. The van der Waals surface area contributed by atoms with Gasteiger partial charge in [-0.25, -0.2) is 0 Å². The average molecular weight is 401 g/mol. The molecule has 152 valence electrons. The molecule has 0 saturated heterocycles. The average Bonchev–Trinajstić information content (AvgIpc) is 2.73. The minimum atomic E-state index is -0.117. The summed E-state index contributed by atoms with van der Waals surface area (Å²) < 4.78 is 18.1. The molecule has 0 radical (unpaired) electrons. The third-order valence-corrected chi connectivity index (χ3v) is 4.46. The zero-order valence-corrected chi connectivity index (χ0v) is 16.3. The van der Waals surface area contributed by atoms with Crippen molar-refractivity contribution in [1.29, 1.82) is 0 Å². The molecule has 0 bridgehead atoms. The fourth-order valence-electron chi connectivity index (χ4n) is 2.95. The Kier molecular flexibility index (Phi) is 5.48. The van der Waals surface area contributed by atoms with Crippen LogP contribution in [0.5, 0.6) is 28.7 Å². The van der Waals surface area contributed by atoms with Gasteiger partial charge in [-0.15, -0.1) is 0 Å². The van der Waals surface area contributed by atoms with Gasteiger partial charge in [-0.05, 0) is 60.7 Å². The Morgan fingerprint density at radius 1 is 0.633 bits per heavy atom. The molecule has 1 atom stereocenters. The number of nitrogen functional groups attached to an aromatic ring is 2. The molecule has 6 N–H and O–H groups in total. The first-order valence-electron chi connectivity index (χ1n) is 9.56. The molecule has 1 unspecified atom stereocenters. The second kappa shape index (κ2) is 8.53. The second-order valence-corrected chi connectivity index (χ2v) is 6.94. The van der Waals surface area contributed by atoms with Crippen molar-refractivity contribution in [1.82, 2.24) is 0 Å². The summed E-state index contributed by atoms with van der Waals surface area (Å²) in [7, 11) is 0. The largest absolute Gasteiger partial charge is 0.486 e. The van der Waals surface area contributed by atoms with E-state index in [-0.39, 0.29) is 6.10 Å². The summed E-state index contributed by atoms with van der Waals surface area (Å²) in [6, 6.07) is 19.8. The monoisotopic (exact) mass is 401 g/mol. The van der Waals surface area contributed by atoms with Gasteiger partial charge < -0.3 is 31.4 Å². The van der Waals surface area contributed by atoms with E-state index in [2.05, 4.69) is 0 Å². The number of hydrogen-bond donors (Lipinski definition) is 3. The first-order chi connectivity index (χ1) is 14.5. The number of allylic oxidation sites excluding steroid dienone is 1. The van der Waals surface area contributed by atoms with Crippen LogP contribution < -0.4 is 31.4 Å². The van der Waals surface area contributed by atoms with Crippen molar-refractivity contribution in [2.75, 3.05) is 11.5 Å². The fraction of sp³-hybridized carbons (Fsp3) is 0.0833. The van der Waals surface area contributed by atoms with Gasteiger partial charge in [0, 0.05) is 41.7 Å². The Morgan fingerprint density at radius 3 is 1.60 bits per heavy atom. The van der Waals surface area contributed by atoms with Gasteiger partial charge in [0.2, 0.25) is 0 Å².